The largest absolute Gasteiger partial charge is 0.389 e. The second-order valence-electron chi connectivity index (χ2n) is 5.46. The van der Waals surface area contributed by atoms with Crippen molar-refractivity contribution < 1.29 is 9.84 Å². The van der Waals surface area contributed by atoms with Crippen molar-refractivity contribution in [2.45, 2.75) is 57.8 Å². The lowest BCUT2D eigenvalue weighted by Gasteiger charge is -2.35. The Labute approximate surface area is 105 Å². The Morgan fingerprint density at radius 1 is 1.53 bits per heavy atom. The molecule has 17 heavy (non-hydrogen) atoms. The molecular weight excluding hydrogens is 214 g/mol. The quantitative estimate of drug-likeness (QED) is 0.741. The van der Waals surface area contributed by atoms with E-state index >= 15 is 0 Å². The summed E-state index contributed by atoms with van der Waals surface area (Å²) in [6.45, 7) is 7.96. The first-order chi connectivity index (χ1) is 7.94. The summed E-state index contributed by atoms with van der Waals surface area (Å²) < 4.78 is 5.50. The summed E-state index contributed by atoms with van der Waals surface area (Å²) in [4.78, 5) is 2.33. The highest BCUT2D eigenvalue weighted by molar-refractivity contribution is 5.02. The second kappa shape index (κ2) is 6.39. The minimum Gasteiger partial charge on any atom is -0.389 e. The van der Waals surface area contributed by atoms with E-state index in [2.05, 4.69) is 17.7 Å². The van der Waals surface area contributed by atoms with Gasteiger partial charge in [-0.3, -0.25) is 4.90 Å². The molecule has 0 radical (unpaired) electrons. The fourth-order valence-electron chi connectivity index (χ4n) is 2.10. The van der Waals surface area contributed by atoms with Crippen LogP contribution in [0.4, 0.5) is 0 Å². The van der Waals surface area contributed by atoms with Crippen LogP contribution in [-0.2, 0) is 4.74 Å². The molecule has 0 saturated carbocycles. The fourth-order valence-corrected chi connectivity index (χ4v) is 2.10. The van der Waals surface area contributed by atoms with Gasteiger partial charge in [-0.15, -0.1) is 6.42 Å². The highest BCUT2D eigenvalue weighted by Crippen LogP contribution is 2.17. The molecule has 3 heteroatoms. The maximum Gasteiger partial charge on any atom is 0.122 e. The molecule has 98 valence electrons. The van der Waals surface area contributed by atoms with Crippen LogP contribution in [-0.4, -0.2) is 47.4 Å². The molecule has 0 aromatic rings. The van der Waals surface area contributed by atoms with Crippen LogP contribution in [0.3, 0.4) is 0 Å². The lowest BCUT2D eigenvalue weighted by molar-refractivity contribution is -0.0427. The van der Waals surface area contributed by atoms with Gasteiger partial charge in [0.1, 0.15) is 5.60 Å². The third-order valence-electron chi connectivity index (χ3n) is 3.37. The zero-order chi connectivity index (χ0) is 12.9. The highest BCUT2D eigenvalue weighted by Gasteiger charge is 2.22. The topological polar surface area (TPSA) is 32.7 Å². The number of β-amino-alcohol motifs (C(OH)–C–C–N with tert-alkyl or cyclic N) is 1. The van der Waals surface area contributed by atoms with Gasteiger partial charge in [0.15, 0.2) is 0 Å². The van der Waals surface area contributed by atoms with Crippen molar-refractivity contribution in [2.75, 3.05) is 19.7 Å². The predicted octanol–water partition coefficient (Wildman–Crippen LogP) is 1.65. The van der Waals surface area contributed by atoms with Gasteiger partial charge in [-0.1, -0.05) is 12.3 Å². The number of rotatable bonds is 5. The summed E-state index contributed by atoms with van der Waals surface area (Å²) in [6.07, 6.45) is 8.63. The molecule has 0 amide bonds. The molecule has 3 nitrogen and oxygen atoms in total. The first-order valence-electron chi connectivity index (χ1n) is 6.48. The van der Waals surface area contributed by atoms with Crippen LogP contribution in [0.15, 0.2) is 0 Å². The molecule has 0 unspecified atom stereocenters. The van der Waals surface area contributed by atoms with E-state index in [9.17, 15) is 5.11 Å². The molecule has 0 spiro atoms. The molecule has 1 heterocycles. The smallest absolute Gasteiger partial charge is 0.122 e. The van der Waals surface area contributed by atoms with Gasteiger partial charge in [-0.2, -0.15) is 0 Å². The Bertz CT molecular complexity index is 270. The van der Waals surface area contributed by atoms with E-state index in [1.807, 2.05) is 13.8 Å². The maximum absolute atomic E-state index is 9.94. The van der Waals surface area contributed by atoms with Crippen molar-refractivity contribution in [3.8, 4) is 12.3 Å². The molecule has 1 saturated heterocycles. The molecule has 1 rings (SSSR count). The number of likely N-dealkylation sites (tertiary alicyclic amines) is 1. The molecule has 1 N–H and O–H groups in total. The molecule has 0 aliphatic carbocycles. The first-order valence-corrected chi connectivity index (χ1v) is 6.48. The average Bonchev–Trinajstić information content (AvgIpc) is 2.30. The van der Waals surface area contributed by atoms with E-state index in [4.69, 9.17) is 11.2 Å². The average molecular weight is 239 g/mol. The van der Waals surface area contributed by atoms with Crippen molar-refractivity contribution in [3.05, 3.63) is 0 Å². The molecule has 0 bridgehead atoms. The molecule has 1 fully saturated rings. The van der Waals surface area contributed by atoms with Gasteiger partial charge in [0, 0.05) is 12.6 Å². The third kappa shape index (κ3) is 5.08. The summed E-state index contributed by atoms with van der Waals surface area (Å²) in [7, 11) is 0. The van der Waals surface area contributed by atoms with Crippen molar-refractivity contribution in [1.82, 2.24) is 4.90 Å². The van der Waals surface area contributed by atoms with Crippen LogP contribution in [0.2, 0.25) is 0 Å². The molecule has 2 atom stereocenters. The van der Waals surface area contributed by atoms with Gasteiger partial charge >= 0.3 is 0 Å². The van der Waals surface area contributed by atoms with Crippen molar-refractivity contribution in [3.63, 3.8) is 0 Å². The lowest BCUT2D eigenvalue weighted by atomic mass is 10.0. The summed E-state index contributed by atoms with van der Waals surface area (Å²) in [5.41, 5.74) is -0.589. The molecule has 0 aromatic carbocycles. The number of terminal acetylenes is 1. The van der Waals surface area contributed by atoms with Crippen LogP contribution in [0, 0.1) is 12.3 Å². The number of aliphatic hydroxyl groups is 1. The fraction of sp³-hybridized carbons (Fsp3) is 0.857. The Hall–Kier alpha value is -0.560. The summed E-state index contributed by atoms with van der Waals surface area (Å²) in [6, 6.07) is 0.569. The van der Waals surface area contributed by atoms with Crippen molar-refractivity contribution >= 4 is 0 Å². The van der Waals surface area contributed by atoms with Gasteiger partial charge in [0.2, 0.25) is 0 Å². The van der Waals surface area contributed by atoms with Crippen LogP contribution < -0.4 is 0 Å². The third-order valence-corrected chi connectivity index (χ3v) is 3.37. The predicted molar refractivity (Wildman–Crippen MR) is 69.8 cm³/mol. The molecular formula is C14H25NO2. The first kappa shape index (κ1) is 14.5. The van der Waals surface area contributed by atoms with E-state index in [1.54, 1.807) is 0 Å². The summed E-state index contributed by atoms with van der Waals surface area (Å²) in [5.74, 6) is 2.56. The van der Waals surface area contributed by atoms with Crippen LogP contribution in [0.5, 0.6) is 0 Å². The number of hydrogen-bond donors (Lipinski definition) is 1. The molecule has 1 aliphatic heterocycles. The molecule has 1 aliphatic rings. The normalized spacial score (nSPS) is 24.3. The monoisotopic (exact) mass is 239 g/mol. The van der Waals surface area contributed by atoms with Gasteiger partial charge in [0.05, 0.1) is 12.7 Å². The number of hydrogen-bond acceptors (Lipinski definition) is 3. The van der Waals surface area contributed by atoms with Gasteiger partial charge < -0.3 is 9.84 Å². The van der Waals surface area contributed by atoms with Crippen LogP contribution >= 0.6 is 0 Å². The Kier molecular flexibility index (Phi) is 5.45. The number of piperidine rings is 1. The van der Waals surface area contributed by atoms with E-state index in [-0.39, 0.29) is 0 Å². The zero-order valence-electron chi connectivity index (χ0n) is 11.3. The van der Waals surface area contributed by atoms with Gasteiger partial charge in [0.25, 0.3) is 0 Å². The van der Waals surface area contributed by atoms with E-state index < -0.39 is 11.7 Å². The Balaban J connectivity index is 2.29. The van der Waals surface area contributed by atoms with E-state index in [0.717, 1.165) is 6.54 Å². The summed E-state index contributed by atoms with van der Waals surface area (Å²) in [5, 5.41) is 9.94. The SMILES string of the molecule is C#CC(C)(C)OC[C@H](O)CN1CCCC[C@@H]1C. The van der Waals surface area contributed by atoms with Crippen LogP contribution in [0.1, 0.15) is 40.0 Å². The highest BCUT2D eigenvalue weighted by atomic mass is 16.5. The van der Waals surface area contributed by atoms with Crippen molar-refractivity contribution in [1.29, 1.82) is 0 Å². The van der Waals surface area contributed by atoms with Gasteiger partial charge in [-0.05, 0) is 40.2 Å². The standard InChI is InChI=1S/C14H25NO2/c1-5-14(3,4)17-11-13(16)10-15-9-7-6-8-12(15)2/h1,12-13,16H,6-11H2,2-4H3/t12-,13+/m0/s1. The lowest BCUT2D eigenvalue weighted by Crippen LogP contribution is -2.44. The van der Waals surface area contributed by atoms with E-state index in [0.29, 0.717) is 19.2 Å². The second-order valence-corrected chi connectivity index (χ2v) is 5.46. The minimum absolute atomic E-state index is 0.306. The minimum atomic E-state index is -0.589. The van der Waals surface area contributed by atoms with E-state index in [1.165, 1.54) is 19.3 Å². The number of nitrogens with zero attached hydrogens (tertiary/aromatic N) is 1. The summed E-state index contributed by atoms with van der Waals surface area (Å²) >= 11 is 0. The van der Waals surface area contributed by atoms with Gasteiger partial charge in [-0.25, -0.2) is 0 Å². The van der Waals surface area contributed by atoms with Crippen molar-refractivity contribution in [2.24, 2.45) is 0 Å². The van der Waals surface area contributed by atoms with Crippen LogP contribution in [0.25, 0.3) is 0 Å². The number of aliphatic hydroxyl groups excluding tert-OH is 1. The maximum atomic E-state index is 9.94. The molecule has 0 aromatic heterocycles. The Morgan fingerprint density at radius 2 is 2.24 bits per heavy atom. The number of ether oxygens (including phenoxy) is 1. The zero-order valence-corrected chi connectivity index (χ0v) is 11.3. The Morgan fingerprint density at radius 3 is 2.82 bits per heavy atom.